The Kier molecular flexibility index (Phi) is 5.62. The monoisotopic (exact) mass is 297 g/mol. The average Bonchev–Trinajstić information content (AvgIpc) is 2.47. The molecule has 2 rings (SSSR count). The van der Waals surface area contributed by atoms with Crippen molar-refractivity contribution in [2.24, 2.45) is 11.3 Å². The summed E-state index contributed by atoms with van der Waals surface area (Å²) < 4.78 is 0. The van der Waals surface area contributed by atoms with Crippen LogP contribution in [0.2, 0.25) is 0 Å². The Labute approximate surface area is 126 Å². The highest BCUT2D eigenvalue weighted by Gasteiger charge is 2.38. The molecule has 1 heterocycles. The molecular formula is C16H27NO4. The molecule has 0 radical (unpaired) electrons. The van der Waals surface area contributed by atoms with Crippen LogP contribution in [0.25, 0.3) is 0 Å². The maximum atomic E-state index is 12.5. The van der Waals surface area contributed by atoms with E-state index >= 15 is 0 Å². The maximum absolute atomic E-state index is 12.5. The van der Waals surface area contributed by atoms with Gasteiger partial charge < -0.3 is 15.1 Å². The summed E-state index contributed by atoms with van der Waals surface area (Å²) in [4.78, 5) is 25.5. The number of aliphatic hydroxyl groups excluding tert-OH is 1. The van der Waals surface area contributed by atoms with Gasteiger partial charge >= 0.3 is 5.97 Å². The summed E-state index contributed by atoms with van der Waals surface area (Å²) in [5.41, 5.74) is -0.324. The van der Waals surface area contributed by atoms with Crippen LogP contribution in [0.3, 0.4) is 0 Å². The van der Waals surface area contributed by atoms with Crippen LogP contribution in [0.15, 0.2) is 0 Å². The van der Waals surface area contributed by atoms with Gasteiger partial charge in [-0.3, -0.25) is 9.59 Å². The molecule has 0 atom stereocenters. The molecule has 2 N–H and O–H groups in total. The first-order valence-electron chi connectivity index (χ1n) is 8.15. The van der Waals surface area contributed by atoms with Crippen LogP contribution in [0.4, 0.5) is 0 Å². The molecule has 120 valence electrons. The smallest absolute Gasteiger partial charge is 0.303 e. The molecular weight excluding hydrogens is 270 g/mol. The van der Waals surface area contributed by atoms with E-state index < -0.39 is 5.97 Å². The first-order valence-corrected chi connectivity index (χ1v) is 8.15. The standard InChI is InChI=1S/C16H27NO4/c18-12-13-4-8-17(9-5-13)14(19)10-16(11-15(20)21)6-2-1-3-7-16/h13,18H,1-12H2,(H,20,21). The molecule has 5 heteroatoms. The lowest BCUT2D eigenvalue weighted by molar-refractivity contribution is -0.143. The molecule has 0 aromatic rings. The highest BCUT2D eigenvalue weighted by molar-refractivity contribution is 5.78. The predicted octanol–water partition coefficient (Wildman–Crippen LogP) is 2.03. The van der Waals surface area contributed by atoms with Crippen molar-refractivity contribution in [2.75, 3.05) is 19.7 Å². The molecule has 5 nitrogen and oxygen atoms in total. The molecule has 1 aliphatic heterocycles. The molecule has 1 aliphatic carbocycles. The Hall–Kier alpha value is -1.10. The summed E-state index contributed by atoms with van der Waals surface area (Å²) in [5.74, 6) is -0.366. The van der Waals surface area contributed by atoms with Gasteiger partial charge in [-0.1, -0.05) is 19.3 Å². The van der Waals surface area contributed by atoms with Gasteiger partial charge in [0.1, 0.15) is 0 Å². The van der Waals surface area contributed by atoms with Crippen LogP contribution in [0.5, 0.6) is 0 Å². The number of carbonyl (C=O) groups is 2. The number of hydrogen-bond donors (Lipinski definition) is 2. The molecule has 2 aliphatic rings. The summed E-state index contributed by atoms with van der Waals surface area (Å²) in [6.07, 6.45) is 7.14. The first kappa shape index (κ1) is 16.3. The molecule has 21 heavy (non-hydrogen) atoms. The minimum absolute atomic E-state index is 0.106. The fourth-order valence-corrected chi connectivity index (χ4v) is 3.84. The van der Waals surface area contributed by atoms with Crippen LogP contribution in [-0.4, -0.2) is 46.7 Å². The highest BCUT2D eigenvalue weighted by atomic mass is 16.4. The van der Waals surface area contributed by atoms with Crippen molar-refractivity contribution in [3.05, 3.63) is 0 Å². The van der Waals surface area contributed by atoms with Gasteiger partial charge in [-0.2, -0.15) is 0 Å². The van der Waals surface area contributed by atoms with E-state index in [9.17, 15) is 9.59 Å². The number of rotatable bonds is 5. The van der Waals surface area contributed by atoms with Gasteiger partial charge in [0.05, 0.1) is 6.42 Å². The lowest BCUT2D eigenvalue weighted by Crippen LogP contribution is -2.42. The summed E-state index contributed by atoms with van der Waals surface area (Å²) in [6.45, 7) is 1.60. The van der Waals surface area contributed by atoms with Crippen molar-refractivity contribution < 1.29 is 19.8 Å². The fourth-order valence-electron chi connectivity index (χ4n) is 3.84. The Balaban J connectivity index is 1.93. The summed E-state index contributed by atoms with van der Waals surface area (Å²) in [7, 11) is 0. The van der Waals surface area contributed by atoms with Crippen LogP contribution < -0.4 is 0 Å². The summed E-state index contributed by atoms with van der Waals surface area (Å²) >= 11 is 0. The minimum Gasteiger partial charge on any atom is -0.481 e. The number of aliphatic hydroxyl groups is 1. The number of carbonyl (C=O) groups excluding carboxylic acids is 1. The van der Waals surface area contributed by atoms with E-state index in [1.54, 1.807) is 0 Å². The van der Waals surface area contributed by atoms with Crippen LogP contribution >= 0.6 is 0 Å². The van der Waals surface area contributed by atoms with Crippen molar-refractivity contribution in [1.82, 2.24) is 4.90 Å². The van der Waals surface area contributed by atoms with Crippen molar-refractivity contribution >= 4 is 11.9 Å². The van der Waals surface area contributed by atoms with Gasteiger partial charge in [0.25, 0.3) is 0 Å². The largest absolute Gasteiger partial charge is 0.481 e. The van der Waals surface area contributed by atoms with E-state index in [1.807, 2.05) is 4.90 Å². The lowest BCUT2D eigenvalue weighted by atomic mass is 9.69. The van der Waals surface area contributed by atoms with E-state index in [2.05, 4.69) is 0 Å². The number of amides is 1. The zero-order chi connectivity index (χ0) is 15.3. The molecule has 0 aromatic carbocycles. The Morgan fingerprint density at radius 2 is 1.67 bits per heavy atom. The van der Waals surface area contributed by atoms with Gasteiger partial charge in [0, 0.05) is 26.1 Å². The minimum atomic E-state index is -0.788. The molecule has 1 saturated carbocycles. The fraction of sp³-hybridized carbons (Fsp3) is 0.875. The molecule has 0 bridgehead atoms. The van der Waals surface area contributed by atoms with Crippen molar-refractivity contribution in [3.8, 4) is 0 Å². The molecule has 1 saturated heterocycles. The number of aliphatic carboxylic acids is 1. The van der Waals surface area contributed by atoms with Gasteiger partial charge in [0.15, 0.2) is 0 Å². The topological polar surface area (TPSA) is 77.8 Å². The quantitative estimate of drug-likeness (QED) is 0.814. The molecule has 0 unspecified atom stereocenters. The van der Waals surface area contributed by atoms with Crippen LogP contribution in [-0.2, 0) is 9.59 Å². The Bertz CT molecular complexity index is 368. The molecule has 0 spiro atoms. The Morgan fingerprint density at radius 3 is 2.19 bits per heavy atom. The number of likely N-dealkylation sites (tertiary alicyclic amines) is 1. The highest BCUT2D eigenvalue weighted by Crippen LogP contribution is 2.42. The van der Waals surface area contributed by atoms with E-state index in [-0.39, 0.29) is 24.3 Å². The third-order valence-electron chi connectivity index (χ3n) is 5.19. The number of carboxylic acid groups (broad SMARTS) is 1. The summed E-state index contributed by atoms with van der Waals surface area (Å²) in [5, 5.41) is 18.3. The Morgan fingerprint density at radius 1 is 1.05 bits per heavy atom. The number of carboxylic acids is 1. The van der Waals surface area contributed by atoms with E-state index in [1.165, 1.54) is 0 Å². The lowest BCUT2D eigenvalue weighted by Gasteiger charge is -2.38. The van der Waals surface area contributed by atoms with Gasteiger partial charge in [-0.05, 0) is 37.0 Å². The molecule has 1 amide bonds. The first-order chi connectivity index (χ1) is 10.0. The third-order valence-corrected chi connectivity index (χ3v) is 5.19. The van der Waals surface area contributed by atoms with E-state index in [0.717, 1.165) is 44.9 Å². The SMILES string of the molecule is O=C(O)CC1(CC(=O)N2CCC(CO)CC2)CCCCC1. The normalized spacial score (nSPS) is 23.0. The second-order valence-electron chi connectivity index (χ2n) is 6.81. The summed E-state index contributed by atoms with van der Waals surface area (Å²) in [6, 6.07) is 0. The van der Waals surface area contributed by atoms with E-state index in [4.69, 9.17) is 10.2 Å². The van der Waals surface area contributed by atoms with Crippen molar-refractivity contribution in [3.63, 3.8) is 0 Å². The van der Waals surface area contributed by atoms with Crippen molar-refractivity contribution in [2.45, 2.75) is 57.8 Å². The molecule has 0 aromatic heterocycles. The molecule has 2 fully saturated rings. The van der Waals surface area contributed by atoms with Gasteiger partial charge in [-0.25, -0.2) is 0 Å². The third kappa shape index (κ3) is 4.43. The number of nitrogens with zero attached hydrogens (tertiary/aromatic N) is 1. The predicted molar refractivity (Wildman–Crippen MR) is 78.8 cm³/mol. The number of hydrogen-bond acceptors (Lipinski definition) is 3. The van der Waals surface area contributed by atoms with Crippen LogP contribution in [0, 0.1) is 11.3 Å². The maximum Gasteiger partial charge on any atom is 0.303 e. The zero-order valence-electron chi connectivity index (χ0n) is 12.7. The van der Waals surface area contributed by atoms with Gasteiger partial charge in [0.2, 0.25) is 5.91 Å². The van der Waals surface area contributed by atoms with Crippen molar-refractivity contribution in [1.29, 1.82) is 0 Å². The second-order valence-corrected chi connectivity index (χ2v) is 6.81. The zero-order valence-corrected chi connectivity index (χ0v) is 12.7. The number of piperidine rings is 1. The second kappa shape index (κ2) is 7.25. The van der Waals surface area contributed by atoms with Gasteiger partial charge in [-0.15, -0.1) is 0 Å². The van der Waals surface area contributed by atoms with E-state index in [0.29, 0.717) is 25.4 Å². The average molecular weight is 297 g/mol. The van der Waals surface area contributed by atoms with Crippen LogP contribution in [0.1, 0.15) is 57.8 Å².